The van der Waals surface area contributed by atoms with Gasteiger partial charge in [0, 0.05) is 6.54 Å². The van der Waals surface area contributed by atoms with Gasteiger partial charge in [-0.05, 0) is 32.4 Å². The first-order valence-corrected chi connectivity index (χ1v) is 6.03. The van der Waals surface area contributed by atoms with E-state index in [1.807, 2.05) is 13.8 Å². The van der Waals surface area contributed by atoms with Gasteiger partial charge in [-0.25, -0.2) is 0 Å². The molecule has 0 aliphatic rings. The number of amides is 1. The first-order valence-electron chi connectivity index (χ1n) is 5.65. The highest BCUT2D eigenvalue weighted by atomic mass is 35.5. The molecule has 0 aliphatic heterocycles. The zero-order chi connectivity index (χ0) is 13.5. The van der Waals surface area contributed by atoms with E-state index >= 15 is 0 Å². The Bertz CT molecular complexity index is 415. The lowest BCUT2D eigenvalue weighted by Gasteiger charge is -2.13. The molecule has 100 valence electrons. The van der Waals surface area contributed by atoms with Gasteiger partial charge in [-0.2, -0.15) is 15.0 Å². The van der Waals surface area contributed by atoms with Crippen molar-refractivity contribution >= 4 is 23.5 Å². The van der Waals surface area contributed by atoms with Gasteiger partial charge in [0.2, 0.25) is 17.1 Å². The number of anilines is 1. The Balaban J connectivity index is 2.74. The van der Waals surface area contributed by atoms with Crippen LogP contribution < -0.4 is 15.4 Å². The van der Waals surface area contributed by atoms with Crippen molar-refractivity contribution in [3.8, 4) is 6.01 Å². The van der Waals surface area contributed by atoms with Crippen molar-refractivity contribution in [2.75, 3.05) is 18.5 Å². The van der Waals surface area contributed by atoms with Crippen LogP contribution in [0.15, 0.2) is 0 Å². The Kier molecular flexibility index (Phi) is 5.57. The Hall–Kier alpha value is -1.63. The zero-order valence-corrected chi connectivity index (χ0v) is 11.3. The molecule has 1 unspecified atom stereocenters. The average Bonchev–Trinajstić information content (AvgIpc) is 2.28. The average molecular weight is 274 g/mol. The predicted molar refractivity (Wildman–Crippen MR) is 67.8 cm³/mol. The Labute approximate surface area is 110 Å². The molecule has 0 spiro atoms. The van der Waals surface area contributed by atoms with E-state index in [4.69, 9.17) is 16.3 Å². The first-order chi connectivity index (χ1) is 8.56. The summed E-state index contributed by atoms with van der Waals surface area (Å²) in [4.78, 5) is 23.2. The number of rotatable bonds is 6. The van der Waals surface area contributed by atoms with Crippen LogP contribution in [0.4, 0.5) is 5.95 Å². The summed E-state index contributed by atoms with van der Waals surface area (Å²) in [7, 11) is 0. The second-order valence-electron chi connectivity index (χ2n) is 3.40. The third-order valence-electron chi connectivity index (χ3n) is 1.95. The standard InChI is InChI=1S/C10H16ClN5O2/c1-4-12-7(17)6(3)13-9-14-8(11)15-10(16-9)18-5-2/h6H,4-5H2,1-3H3,(H,12,17)(H,13,14,15,16). The van der Waals surface area contributed by atoms with Gasteiger partial charge in [0.05, 0.1) is 6.61 Å². The summed E-state index contributed by atoms with van der Waals surface area (Å²) in [6, 6.07) is -0.346. The number of carbonyl (C=O) groups is 1. The lowest BCUT2D eigenvalue weighted by atomic mass is 10.3. The summed E-state index contributed by atoms with van der Waals surface area (Å²) in [6.45, 7) is 6.33. The molecule has 1 atom stereocenters. The molecule has 1 heterocycles. The number of nitrogens with zero attached hydrogens (tertiary/aromatic N) is 3. The van der Waals surface area contributed by atoms with Crippen LogP contribution in [0, 0.1) is 0 Å². The number of hydrogen-bond acceptors (Lipinski definition) is 6. The van der Waals surface area contributed by atoms with E-state index in [2.05, 4.69) is 25.6 Å². The number of nitrogens with one attached hydrogen (secondary N) is 2. The lowest BCUT2D eigenvalue weighted by molar-refractivity contribution is -0.121. The molecule has 0 aliphatic carbocycles. The molecule has 1 aromatic rings. The molecule has 0 radical (unpaired) electrons. The fourth-order valence-corrected chi connectivity index (χ4v) is 1.33. The largest absolute Gasteiger partial charge is 0.464 e. The Morgan fingerprint density at radius 3 is 2.72 bits per heavy atom. The maximum atomic E-state index is 11.5. The van der Waals surface area contributed by atoms with Crippen LogP contribution >= 0.6 is 11.6 Å². The molecule has 0 saturated carbocycles. The molecule has 0 aromatic carbocycles. The van der Waals surface area contributed by atoms with Gasteiger partial charge in [0.15, 0.2) is 0 Å². The maximum absolute atomic E-state index is 11.5. The smallest absolute Gasteiger partial charge is 0.322 e. The van der Waals surface area contributed by atoms with Gasteiger partial charge in [0.25, 0.3) is 0 Å². The lowest BCUT2D eigenvalue weighted by Crippen LogP contribution is -2.37. The van der Waals surface area contributed by atoms with Gasteiger partial charge in [-0.1, -0.05) is 0 Å². The predicted octanol–water partition coefficient (Wildman–Crippen LogP) is 0.860. The molecule has 7 nitrogen and oxygen atoms in total. The quantitative estimate of drug-likeness (QED) is 0.799. The summed E-state index contributed by atoms with van der Waals surface area (Å²) >= 11 is 5.73. The Morgan fingerprint density at radius 2 is 2.11 bits per heavy atom. The van der Waals surface area contributed by atoms with Crippen LogP contribution in [0.25, 0.3) is 0 Å². The fourth-order valence-electron chi connectivity index (χ4n) is 1.18. The summed E-state index contributed by atoms with van der Waals surface area (Å²) in [5.74, 6) is 0.0594. The fraction of sp³-hybridized carbons (Fsp3) is 0.600. The Morgan fingerprint density at radius 1 is 1.39 bits per heavy atom. The number of aromatic nitrogens is 3. The minimum Gasteiger partial charge on any atom is -0.464 e. The van der Waals surface area contributed by atoms with E-state index in [0.717, 1.165) is 0 Å². The zero-order valence-electron chi connectivity index (χ0n) is 10.5. The van der Waals surface area contributed by atoms with Crippen molar-refractivity contribution in [3.63, 3.8) is 0 Å². The van der Waals surface area contributed by atoms with Gasteiger partial charge in [-0.15, -0.1) is 0 Å². The van der Waals surface area contributed by atoms with Crippen molar-refractivity contribution in [3.05, 3.63) is 5.28 Å². The van der Waals surface area contributed by atoms with Crippen molar-refractivity contribution in [2.24, 2.45) is 0 Å². The number of ether oxygens (including phenoxy) is 1. The highest BCUT2D eigenvalue weighted by molar-refractivity contribution is 6.28. The second kappa shape index (κ2) is 6.95. The van der Waals surface area contributed by atoms with Crippen LogP contribution in [0.3, 0.4) is 0 Å². The highest BCUT2D eigenvalue weighted by Gasteiger charge is 2.14. The van der Waals surface area contributed by atoms with Crippen LogP contribution in [-0.2, 0) is 4.79 Å². The molecule has 0 bridgehead atoms. The number of carbonyl (C=O) groups excluding carboxylic acids is 1. The van der Waals surface area contributed by atoms with Crippen LogP contribution in [0.1, 0.15) is 20.8 Å². The van der Waals surface area contributed by atoms with E-state index in [1.54, 1.807) is 6.92 Å². The van der Waals surface area contributed by atoms with Gasteiger partial charge in [0.1, 0.15) is 6.04 Å². The molecule has 0 saturated heterocycles. The summed E-state index contributed by atoms with van der Waals surface area (Å²) in [5.41, 5.74) is 0. The van der Waals surface area contributed by atoms with E-state index in [9.17, 15) is 4.79 Å². The van der Waals surface area contributed by atoms with Gasteiger partial charge in [-0.3, -0.25) is 4.79 Å². The molecule has 18 heavy (non-hydrogen) atoms. The molecule has 1 aromatic heterocycles. The summed E-state index contributed by atoms with van der Waals surface area (Å²) in [6.07, 6.45) is 0. The topological polar surface area (TPSA) is 89.0 Å². The second-order valence-corrected chi connectivity index (χ2v) is 3.74. The molecular weight excluding hydrogens is 258 g/mol. The van der Waals surface area contributed by atoms with E-state index in [1.165, 1.54) is 0 Å². The minimum atomic E-state index is -0.474. The molecule has 1 rings (SSSR count). The van der Waals surface area contributed by atoms with Gasteiger partial charge >= 0.3 is 6.01 Å². The van der Waals surface area contributed by atoms with Crippen LogP contribution in [0.5, 0.6) is 6.01 Å². The molecule has 2 N–H and O–H groups in total. The molecule has 8 heteroatoms. The summed E-state index contributed by atoms with van der Waals surface area (Å²) in [5, 5.41) is 5.52. The number of halogens is 1. The minimum absolute atomic E-state index is 0.0130. The van der Waals surface area contributed by atoms with E-state index in [-0.39, 0.29) is 23.1 Å². The maximum Gasteiger partial charge on any atom is 0.322 e. The normalized spacial score (nSPS) is 11.8. The first kappa shape index (κ1) is 14.4. The van der Waals surface area contributed by atoms with Crippen LogP contribution in [-0.4, -0.2) is 40.1 Å². The third-order valence-corrected chi connectivity index (χ3v) is 2.12. The SMILES string of the molecule is CCNC(=O)C(C)Nc1nc(Cl)nc(OCC)n1. The van der Waals surface area contributed by atoms with E-state index in [0.29, 0.717) is 13.2 Å². The third kappa shape index (κ3) is 4.33. The summed E-state index contributed by atoms with van der Waals surface area (Å²) < 4.78 is 5.13. The van der Waals surface area contributed by atoms with Crippen molar-refractivity contribution in [1.82, 2.24) is 20.3 Å². The number of hydrogen-bond donors (Lipinski definition) is 2. The van der Waals surface area contributed by atoms with Crippen molar-refractivity contribution < 1.29 is 9.53 Å². The molecule has 0 fully saturated rings. The highest BCUT2D eigenvalue weighted by Crippen LogP contribution is 2.11. The molecular formula is C10H16ClN5O2. The van der Waals surface area contributed by atoms with Crippen molar-refractivity contribution in [2.45, 2.75) is 26.8 Å². The monoisotopic (exact) mass is 273 g/mol. The van der Waals surface area contributed by atoms with Crippen molar-refractivity contribution in [1.29, 1.82) is 0 Å². The van der Waals surface area contributed by atoms with E-state index < -0.39 is 6.04 Å². The molecule has 1 amide bonds. The van der Waals surface area contributed by atoms with Gasteiger partial charge < -0.3 is 15.4 Å². The van der Waals surface area contributed by atoms with Crippen LogP contribution in [0.2, 0.25) is 5.28 Å². The number of likely N-dealkylation sites (N-methyl/N-ethyl adjacent to an activating group) is 1.